The zero-order valence-electron chi connectivity index (χ0n) is 8.63. The molecule has 16 heavy (non-hydrogen) atoms. The summed E-state index contributed by atoms with van der Waals surface area (Å²) in [6.07, 6.45) is 3.29. The van der Waals surface area contributed by atoms with Crippen molar-refractivity contribution < 1.29 is 5.11 Å². The minimum Gasteiger partial charge on any atom is -0.508 e. The van der Waals surface area contributed by atoms with E-state index in [9.17, 15) is 4.79 Å². The predicted molar refractivity (Wildman–Crippen MR) is 62.3 cm³/mol. The van der Waals surface area contributed by atoms with Crippen LogP contribution in [0, 0.1) is 0 Å². The molecule has 0 aliphatic heterocycles. The highest BCUT2D eigenvalue weighted by molar-refractivity contribution is 5.34. The number of phenols is 1. The maximum atomic E-state index is 11.1. The summed E-state index contributed by atoms with van der Waals surface area (Å²) < 4.78 is 1.82. The average molecular weight is 216 g/mol. The molecule has 1 heterocycles. The number of nitrogens with zero attached hydrogens (tertiary/aromatic N) is 1. The van der Waals surface area contributed by atoms with Crippen molar-refractivity contribution >= 4 is 5.69 Å². The van der Waals surface area contributed by atoms with Crippen molar-refractivity contribution in [2.75, 3.05) is 5.73 Å². The van der Waals surface area contributed by atoms with E-state index in [1.54, 1.807) is 24.5 Å². The largest absolute Gasteiger partial charge is 0.508 e. The first kappa shape index (κ1) is 10.3. The third-order valence-electron chi connectivity index (χ3n) is 2.31. The number of hydrogen-bond acceptors (Lipinski definition) is 3. The highest BCUT2D eigenvalue weighted by atomic mass is 16.3. The predicted octanol–water partition coefficient (Wildman–Crippen LogP) is 1.18. The van der Waals surface area contributed by atoms with Crippen LogP contribution in [0.3, 0.4) is 0 Å². The second kappa shape index (κ2) is 4.10. The van der Waals surface area contributed by atoms with Crippen molar-refractivity contribution in [2.24, 2.45) is 0 Å². The van der Waals surface area contributed by atoms with E-state index in [4.69, 9.17) is 10.8 Å². The van der Waals surface area contributed by atoms with Crippen LogP contribution in [-0.2, 0) is 6.54 Å². The van der Waals surface area contributed by atoms with Crippen molar-refractivity contribution in [3.63, 3.8) is 0 Å². The Morgan fingerprint density at radius 1 is 1.19 bits per heavy atom. The van der Waals surface area contributed by atoms with Gasteiger partial charge in [-0.25, -0.2) is 0 Å². The zero-order valence-corrected chi connectivity index (χ0v) is 8.63. The molecule has 0 atom stereocenters. The SMILES string of the molecule is Nc1cn(Cc2ccc(O)cc2)ccc1=O. The second-order valence-electron chi connectivity index (χ2n) is 3.60. The number of nitrogen functional groups attached to an aromatic ring is 1. The number of anilines is 1. The number of phenolic OH excluding ortho intramolecular Hbond substituents is 1. The van der Waals surface area contributed by atoms with Crippen LogP contribution < -0.4 is 11.2 Å². The Balaban J connectivity index is 2.23. The van der Waals surface area contributed by atoms with E-state index in [2.05, 4.69) is 0 Å². The quantitative estimate of drug-likeness (QED) is 0.792. The van der Waals surface area contributed by atoms with Crippen LogP contribution >= 0.6 is 0 Å². The lowest BCUT2D eigenvalue weighted by atomic mass is 10.2. The molecular formula is C12H12N2O2. The van der Waals surface area contributed by atoms with Gasteiger partial charge in [0.15, 0.2) is 0 Å². The molecule has 0 amide bonds. The van der Waals surface area contributed by atoms with Gasteiger partial charge in [-0.3, -0.25) is 4.79 Å². The van der Waals surface area contributed by atoms with Crippen LogP contribution in [0.1, 0.15) is 5.56 Å². The van der Waals surface area contributed by atoms with E-state index in [0.717, 1.165) is 5.56 Å². The van der Waals surface area contributed by atoms with Gasteiger partial charge in [-0.2, -0.15) is 0 Å². The first-order valence-corrected chi connectivity index (χ1v) is 4.88. The van der Waals surface area contributed by atoms with Gasteiger partial charge in [0.1, 0.15) is 5.75 Å². The van der Waals surface area contributed by atoms with Gasteiger partial charge < -0.3 is 15.4 Å². The van der Waals surface area contributed by atoms with E-state index in [-0.39, 0.29) is 16.9 Å². The highest BCUT2D eigenvalue weighted by Gasteiger charge is 1.97. The average Bonchev–Trinajstić information content (AvgIpc) is 2.27. The molecule has 0 bridgehead atoms. The van der Waals surface area contributed by atoms with Crippen molar-refractivity contribution in [2.45, 2.75) is 6.54 Å². The second-order valence-corrected chi connectivity index (χ2v) is 3.60. The summed E-state index contributed by atoms with van der Waals surface area (Å²) in [5.41, 5.74) is 6.63. The van der Waals surface area contributed by atoms with Crippen LogP contribution in [-0.4, -0.2) is 9.67 Å². The minimum absolute atomic E-state index is 0.165. The fourth-order valence-corrected chi connectivity index (χ4v) is 1.46. The molecule has 0 saturated heterocycles. The maximum Gasteiger partial charge on any atom is 0.204 e. The molecule has 2 rings (SSSR count). The van der Waals surface area contributed by atoms with Gasteiger partial charge in [0.2, 0.25) is 5.43 Å². The van der Waals surface area contributed by atoms with E-state index >= 15 is 0 Å². The number of hydrogen-bond donors (Lipinski definition) is 2. The zero-order chi connectivity index (χ0) is 11.5. The molecule has 3 N–H and O–H groups in total. The van der Waals surface area contributed by atoms with Gasteiger partial charge in [0.25, 0.3) is 0 Å². The monoisotopic (exact) mass is 216 g/mol. The van der Waals surface area contributed by atoms with E-state index in [1.165, 1.54) is 6.07 Å². The van der Waals surface area contributed by atoms with E-state index in [1.807, 2.05) is 16.7 Å². The summed E-state index contributed by atoms with van der Waals surface area (Å²) >= 11 is 0. The summed E-state index contributed by atoms with van der Waals surface area (Å²) in [7, 11) is 0. The fourth-order valence-electron chi connectivity index (χ4n) is 1.46. The minimum atomic E-state index is -0.165. The lowest BCUT2D eigenvalue weighted by Gasteiger charge is -2.07. The summed E-state index contributed by atoms with van der Waals surface area (Å²) in [5, 5.41) is 9.14. The lowest BCUT2D eigenvalue weighted by molar-refractivity contribution is 0.475. The molecule has 4 heteroatoms. The molecule has 0 radical (unpaired) electrons. The highest BCUT2D eigenvalue weighted by Crippen LogP contribution is 2.10. The summed E-state index contributed by atoms with van der Waals surface area (Å²) in [6, 6.07) is 8.34. The van der Waals surface area contributed by atoms with Crippen molar-refractivity contribution in [3.05, 3.63) is 58.5 Å². The molecule has 82 valence electrons. The van der Waals surface area contributed by atoms with Crippen LogP contribution in [0.15, 0.2) is 47.5 Å². The topological polar surface area (TPSA) is 68.2 Å². The molecule has 4 nitrogen and oxygen atoms in total. The Bertz CT molecular complexity index is 544. The molecule has 0 unspecified atom stereocenters. The van der Waals surface area contributed by atoms with Crippen molar-refractivity contribution in [1.29, 1.82) is 0 Å². The summed E-state index contributed by atoms with van der Waals surface area (Å²) in [5.74, 6) is 0.239. The van der Waals surface area contributed by atoms with Gasteiger partial charge in [-0.1, -0.05) is 12.1 Å². The van der Waals surface area contributed by atoms with Crippen molar-refractivity contribution in [3.8, 4) is 5.75 Å². The van der Waals surface area contributed by atoms with E-state index < -0.39 is 0 Å². The Labute approximate surface area is 92.6 Å². The molecule has 0 spiro atoms. The van der Waals surface area contributed by atoms with Crippen molar-refractivity contribution in [1.82, 2.24) is 4.57 Å². The number of pyridine rings is 1. The molecule has 0 aliphatic rings. The third kappa shape index (κ3) is 2.23. The fraction of sp³-hybridized carbons (Fsp3) is 0.0833. The Morgan fingerprint density at radius 2 is 1.88 bits per heavy atom. The number of benzene rings is 1. The van der Waals surface area contributed by atoms with Crippen LogP contribution in [0.4, 0.5) is 5.69 Å². The maximum absolute atomic E-state index is 11.1. The molecule has 0 saturated carbocycles. The number of rotatable bonds is 2. The van der Waals surface area contributed by atoms with E-state index in [0.29, 0.717) is 6.54 Å². The Kier molecular flexibility index (Phi) is 2.64. The summed E-state index contributed by atoms with van der Waals surface area (Å²) in [6.45, 7) is 0.616. The standard InChI is InChI=1S/C12H12N2O2/c13-11-8-14(6-5-12(11)16)7-9-1-3-10(15)4-2-9/h1-6,8,15H,7,13H2. The number of nitrogens with two attached hydrogens (primary N) is 1. The number of aromatic hydroxyl groups is 1. The molecule has 0 fully saturated rings. The smallest absolute Gasteiger partial charge is 0.204 e. The first-order valence-electron chi connectivity index (χ1n) is 4.88. The Hall–Kier alpha value is -2.23. The van der Waals surface area contributed by atoms with Crippen LogP contribution in [0.25, 0.3) is 0 Å². The third-order valence-corrected chi connectivity index (χ3v) is 2.31. The molecule has 1 aromatic heterocycles. The lowest BCUT2D eigenvalue weighted by Crippen LogP contribution is -2.11. The van der Waals surface area contributed by atoms with Crippen LogP contribution in [0.2, 0.25) is 0 Å². The van der Waals surface area contributed by atoms with Gasteiger partial charge >= 0.3 is 0 Å². The van der Waals surface area contributed by atoms with Gasteiger partial charge in [0.05, 0.1) is 5.69 Å². The summed E-state index contributed by atoms with van der Waals surface area (Å²) in [4.78, 5) is 11.1. The molecule has 2 aromatic rings. The van der Waals surface area contributed by atoms with Gasteiger partial charge in [-0.05, 0) is 17.7 Å². The molecule has 0 aliphatic carbocycles. The van der Waals surface area contributed by atoms with Crippen LogP contribution in [0.5, 0.6) is 5.75 Å². The van der Waals surface area contributed by atoms with Gasteiger partial charge in [0, 0.05) is 25.0 Å². The molecular weight excluding hydrogens is 204 g/mol. The van der Waals surface area contributed by atoms with Gasteiger partial charge in [-0.15, -0.1) is 0 Å². The Morgan fingerprint density at radius 3 is 2.50 bits per heavy atom. The number of aromatic nitrogens is 1. The molecule has 1 aromatic carbocycles. The normalized spacial score (nSPS) is 10.2. The first-order chi connectivity index (χ1) is 7.65.